The molecule has 5 heteroatoms. The molecule has 0 heterocycles. The van der Waals surface area contributed by atoms with Gasteiger partial charge in [0.1, 0.15) is 0 Å². The Morgan fingerprint density at radius 3 is 0.795 bits per heavy atom. The maximum absolute atomic E-state index is 12.4. The lowest BCUT2D eigenvalue weighted by Gasteiger charge is -2.23. The van der Waals surface area contributed by atoms with Gasteiger partial charge in [-0.1, -0.05) is 201 Å². The molecule has 0 saturated heterocycles. The summed E-state index contributed by atoms with van der Waals surface area (Å²) in [4.78, 5) is 24.9. The van der Waals surface area contributed by atoms with Crippen molar-refractivity contribution < 1.29 is 9.59 Å². The molecule has 0 atom stereocenters. The zero-order chi connectivity index (χ0) is 32.2. The second-order valence-corrected chi connectivity index (χ2v) is 13.6. The number of hydrogen-bond acceptors (Lipinski definition) is 3. The molecule has 44 heavy (non-hydrogen) atoms. The number of hydrazine groups is 2. The Morgan fingerprint density at radius 2 is 0.568 bits per heavy atom. The number of amides is 2. The van der Waals surface area contributed by atoms with Gasteiger partial charge in [-0.25, -0.2) is 0 Å². The van der Waals surface area contributed by atoms with Crippen molar-refractivity contribution in [3.63, 3.8) is 0 Å². The summed E-state index contributed by atoms with van der Waals surface area (Å²) in [5.74, 6) is 0.0286. The van der Waals surface area contributed by atoms with Crippen molar-refractivity contribution in [1.82, 2.24) is 16.0 Å². The van der Waals surface area contributed by atoms with Crippen LogP contribution in [0.5, 0.6) is 0 Å². The summed E-state index contributed by atoms with van der Waals surface area (Å²) in [5.41, 5.74) is 5.83. The van der Waals surface area contributed by atoms with E-state index in [0.717, 1.165) is 32.1 Å². The van der Waals surface area contributed by atoms with Crippen LogP contribution in [0, 0.1) is 0 Å². The van der Waals surface area contributed by atoms with Gasteiger partial charge >= 0.3 is 0 Å². The van der Waals surface area contributed by atoms with E-state index in [2.05, 4.69) is 31.6 Å². The Bertz CT molecular complexity index is 550. The van der Waals surface area contributed by atoms with E-state index >= 15 is 0 Å². The van der Waals surface area contributed by atoms with Gasteiger partial charge in [0, 0.05) is 19.4 Å². The average Bonchev–Trinajstić information content (AvgIpc) is 3.01. The SMILES string of the molecule is CCCCCCCCCCCCCCCCCC(=O)NN(CCC)NC(=O)CCCCCCCCCCCCCCCCC. The zero-order valence-electron chi connectivity index (χ0n) is 30.3. The Hall–Kier alpha value is -1.10. The first-order valence-electron chi connectivity index (χ1n) is 20.0. The van der Waals surface area contributed by atoms with E-state index in [1.165, 1.54) is 167 Å². The van der Waals surface area contributed by atoms with Crippen molar-refractivity contribution in [2.75, 3.05) is 6.54 Å². The van der Waals surface area contributed by atoms with Gasteiger partial charge in [-0.05, 0) is 19.3 Å². The molecule has 2 amide bonds. The van der Waals surface area contributed by atoms with Crippen LogP contribution in [0.25, 0.3) is 0 Å². The van der Waals surface area contributed by atoms with Crippen LogP contribution in [0.15, 0.2) is 0 Å². The number of unbranched alkanes of at least 4 members (excludes halogenated alkanes) is 28. The lowest BCUT2D eigenvalue weighted by molar-refractivity contribution is -0.133. The van der Waals surface area contributed by atoms with Crippen LogP contribution in [0.1, 0.15) is 233 Å². The first-order chi connectivity index (χ1) is 21.6. The third-order valence-electron chi connectivity index (χ3n) is 8.98. The summed E-state index contributed by atoms with van der Waals surface area (Å²) in [6.45, 7) is 7.26. The molecule has 0 spiro atoms. The molecule has 0 saturated carbocycles. The second-order valence-electron chi connectivity index (χ2n) is 13.6. The zero-order valence-corrected chi connectivity index (χ0v) is 30.3. The van der Waals surface area contributed by atoms with Crippen molar-refractivity contribution in [2.45, 2.75) is 233 Å². The Balaban J connectivity index is 3.61. The molecule has 0 aliphatic rings. The van der Waals surface area contributed by atoms with E-state index < -0.39 is 0 Å². The molecule has 0 fully saturated rings. The molecule has 262 valence electrons. The van der Waals surface area contributed by atoms with Gasteiger partial charge in [-0.3, -0.25) is 20.4 Å². The number of carbonyl (C=O) groups is 2. The summed E-state index contributed by atoms with van der Waals surface area (Å²) in [6, 6.07) is 0. The van der Waals surface area contributed by atoms with E-state index in [0.29, 0.717) is 19.4 Å². The van der Waals surface area contributed by atoms with Crippen molar-refractivity contribution in [3.8, 4) is 0 Å². The standard InChI is InChI=1S/C39H79N3O2/c1-4-7-9-11-13-15-17-19-21-23-25-27-29-31-33-35-38(43)40-42(37-6-3)41-39(44)36-34-32-30-28-26-24-22-20-18-16-14-12-10-8-5-2/h4-37H2,1-3H3,(H,40,43)(H,41,44). The third kappa shape index (κ3) is 33.8. The van der Waals surface area contributed by atoms with E-state index in [4.69, 9.17) is 0 Å². The Kier molecular flexibility index (Phi) is 35.5. The molecule has 2 N–H and O–H groups in total. The van der Waals surface area contributed by atoms with E-state index in [1.807, 2.05) is 0 Å². The molecule has 0 aliphatic heterocycles. The van der Waals surface area contributed by atoms with Crippen LogP contribution < -0.4 is 10.9 Å². The van der Waals surface area contributed by atoms with E-state index in [-0.39, 0.29) is 11.8 Å². The number of carbonyl (C=O) groups excluding carboxylic acids is 2. The van der Waals surface area contributed by atoms with Crippen molar-refractivity contribution in [2.24, 2.45) is 0 Å². The van der Waals surface area contributed by atoms with Crippen LogP contribution in [0.4, 0.5) is 0 Å². The largest absolute Gasteiger partial charge is 0.274 e. The van der Waals surface area contributed by atoms with Gasteiger partial charge in [-0.15, -0.1) is 5.12 Å². The Labute approximate surface area is 276 Å². The van der Waals surface area contributed by atoms with Crippen LogP contribution in [0.2, 0.25) is 0 Å². The molecule has 5 nitrogen and oxygen atoms in total. The summed E-state index contributed by atoms with van der Waals surface area (Å²) in [7, 11) is 0. The van der Waals surface area contributed by atoms with Crippen molar-refractivity contribution in [3.05, 3.63) is 0 Å². The fraction of sp³-hybridized carbons (Fsp3) is 0.949. The van der Waals surface area contributed by atoms with E-state index in [9.17, 15) is 9.59 Å². The lowest BCUT2D eigenvalue weighted by Crippen LogP contribution is -2.53. The van der Waals surface area contributed by atoms with Crippen molar-refractivity contribution in [1.29, 1.82) is 0 Å². The number of rotatable bonds is 36. The van der Waals surface area contributed by atoms with E-state index in [1.54, 1.807) is 5.12 Å². The molecule has 0 rings (SSSR count). The maximum atomic E-state index is 12.4. The van der Waals surface area contributed by atoms with Gasteiger partial charge in [0.05, 0.1) is 0 Å². The molecular formula is C39H79N3O2. The third-order valence-corrected chi connectivity index (χ3v) is 8.98. The van der Waals surface area contributed by atoms with Gasteiger partial charge in [0.25, 0.3) is 0 Å². The number of nitrogens with zero attached hydrogens (tertiary/aromatic N) is 1. The monoisotopic (exact) mass is 622 g/mol. The highest BCUT2D eigenvalue weighted by Gasteiger charge is 2.11. The molecule has 0 unspecified atom stereocenters. The van der Waals surface area contributed by atoms with Gasteiger partial charge in [0.15, 0.2) is 0 Å². The predicted octanol–water partition coefficient (Wildman–Crippen LogP) is 12.3. The summed E-state index contributed by atoms with van der Waals surface area (Å²) < 4.78 is 0. The highest BCUT2D eigenvalue weighted by molar-refractivity contribution is 5.77. The van der Waals surface area contributed by atoms with Gasteiger partial charge in [0.2, 0.25) is 11.8 Å². The smallest absolute Gasteiger partial charge is 0.235 e. The first kappa shape index (κ1) is 42.9. The molecule has 0 aromatic rings. The summed E-state index contributed by atoms with van der Waals surface area (Å²) in [5, 5.41) is 1.61. The van der Waals surface area contributed by atoms with Crippen LogP contribution in [-0.2, 0) is 9.59 Å². The van der Waals surface area contributed by atoms with Gasteiger partial charge < -0.3 is 0 Å². The van der Waals surface area contributed by atoms with Crippen molar-refractivity contribution >= 4 is 11.8 Å². The van der Waals surface area contributed by atoms with Crippen LogP contribution in [0.3, 0.4) is 0 Å². The number of nitrogens with one attached hydrogen (secondary N) is 2. The molecule has 0 aromatic heterocycles. The highest BCUT2D eigenvalue weighted by Crippen LogP contribution is 2.15. The molecule has 0 radical (unpaired) electrons. The second kappa shape index (κ2) is 36.4. The molecule has 0 aliphatic carbocycles. The highest BCUT2D eigenvalue weighted by atomic mass is 16.2. The molecule has 0 aromatic carbocycles. The topological polar surface area (TPSA) is 61.4 Å². The minimum Gasteiger partial charge on any atom is -0.274 e. The minimum atomic E-state index is 0.0143. The summed E-state index contributed by atoms with van der Waals surface area (Å²) >= 11 is 0. The predicted molar refractivity (Wildman–Crippen MR) is 192 cm³/mol. The molecule has 0 bridgehead atoms. The fourth-order valence-electron chi connectivity index (χ4n) is 6.09. The number of hydrogen-bond donors (Lipinski definition) is 2. The minimum absolute atomic E-state index is 0.0143. The molecular weight excluding hydrogens is 542 g/mol. The summed E-state index contributed by atoms with van der Waals surface area (Å²) in [6.07, 6.45) is 41.7. The Morgan fingerprint density at radius 1 is 0.341 bits per heavy atom. The normalized spacial score (nSPS) is 11.4. The van der Waals surface area contributed by atoms with Crippen LogP contribution in [-0.4, -0.2) is 23.5 Å². The van der Waals surface area contributed by atoms with Gasteiger partial charge in [-0.2, -0.15) is 0 Å². The maximum Gasteiger partial charge on any atom is 0.235 e. The quantitative estimate of drug-likeness (QED) is 0.0540. The fourth-order valence-corrected chi connectivity index (χ4v) is 6.09. The van der Waals surface area contributed by atoms with Crippen LogP contribution >= 0.6 is 0 Å². The first-order valence-corrected chi connectivity index (χ1v) is 20.0. The lowest BCUT2D eigenvalue weighted by atomic mass is 10.0. The average molecular weight is 622 g/mol.